The van der Waals surface area contributed by atoms with Crippen molar-refractivity contribution in [2.75, 3.05) is 7.11 Å². The highest BCUT2D eigenvalue weighted by molar-refractivity contribution is 9.10. The summed E-state index contributed by atoms with van der Waals surface area (Å²) in [6.45, 7) is 0. The van der Waals surface area contributed by atoms with E-state index in [1.807, 2.05) is 18.2 Å². The van der Waals surface area contributed by atoms with Crippen LogP contribution in [0.2, 0.25) is 5.15 Å². The van der Waals surface area contributed by atoms with Crippen LogP contribution in [0, 0.1) is 0 Å². The van der Waals surface area contributed by atoms with Gasteiger partial charge in [0.15, 0.2) is 0 Å². The normalized spacial score (nSPS) is 12.2. The molecule has 1 N–H and O–H groups in total. The molecule has 0 spiro atoms. The number of ether oxygens (including phenoxy) is 1. The van der Waals surface area contributed by atoms with Crippen LogP contribution in [-0.4, -0.2) is 17.2 Å². The molecule has 0 aliphatic carbocycles. The first-order chi connectivity index (χ1) is 9.10. The monoisotopic (exact) mass is 341 g/mol. The lowest BCUT2D eigenvalue weighted by Crippen LogP contribution is -2.02. The van der Waals surface area contributed by atoms with Crippen LogP contribution in [0.15, 0.2) is 41.0 Å². The molecular weight excluding hydrogens is 330 g/mol. The molecule has 1 heterocycles. The summed E-state index contributed by atoms with van der Waals surface area (Å²) >= 11 is 9.14. The number of aromatic nitrogens is 1. The highest BCUT2D eigenvalue weighted by Crippen LogP contribution is 2.27. The highest BCUT2D eigenvalue weighted by atomic mass is 79.9. The van der Waals surface area contributed by atoms with Crippen molar-refractivity contribution in [3.63, 3.8) is 0 Å². The summed E-state index contributed by atoms with van der Waals surface area (Å²) in [6.07, 6.45) is 1.49. The van der Waals surface area contributed by atoms with Gasteiger partial charge in [0, 0.05) is 12.6 Å². The van der Waals surface area contributed by atoms with E-state index in [9.17, 15) is 5.11 Å². The maximum atomic E-state index is 10.2. The average molecular weight is 343 g/mol. The van der Waals surface area contributed by atoms with E-state index in [2.05, 4.69) is 20.9 Å². The van der Waals surface area contributed by atoms with E-state index >= 15 is 0 Å². The zero-order valence-corrected chi connectivity index (χ0v) is 12.6. The first-order valence-corrected chi connectivity index (χ1v) is 6.89. The van der Waals surface area contributed by atoms with E-state index < -0.39 is 6.10 Å². The van der Waals surface area contributed by atoms with Gasteiger partial charge in [0.1, 0.15) is 10.9 Å². The van der Waals surface area contributed by atoms with Gasteiger partial charge < -0.3 is 9.84 Å². The van der Waals surface area contributed by atoms with Gasteiger partial charge in [-0.25, -0.2) is 4.98 Å². The summed E-state index contributed by atoms with van der Waals surface area (Å²) in [5.41, 5.74) is 1.76. The summed E-state index contributed by atoms with van der Waals surface area (Å²) in [5.74, 6) is 0.770. The molecule has 0 fully saturated rings. The number of methoxy groups -OCH3 is 1. The standard InChI is InChI=1S/C14H13BrClNO2/c1-19-13-4-2-9(6-11(13)15)7-12(18)10-3-5-14(16)17-8-10/h2-6,8,12,18H,7H2,1H3. The maximum absolute atomic E-state index is 10.2. The van der Waals surface area contributed by atoms with Crippen molar-refractivity contribution in [2.45, 2.75) is 12.5 Å². The van der Waals surface area contributed by atoms with E-state index in [1.165, 1.54) is 0 Å². The van der Waals surface area contributed by atoms with E-state index in [-0.39, 0.29) is 0 Å². The summed E-state index contributed by atoms with van der Waals surface area (Å²) in [5, 5.41) is 10.6. The van der Waals surface area contributed by atoms with E-state index in [1.54, 1.807) is 25.4 Å². The fourth-order valence-corrected chi connectivity index (χ4v) is 2.46. The Morgan fingerprint density at radius 3 is 2.74 bits per heavy atom. The van der Waals surface area contributed by atoms with Crippen molar-refractivity contribution >= 4 is 27.5 Å². The predicted octanol–water partition coefficient (Wildman–Crippen LogP) is 3.78. The molecule has 0 saturated heterocycles. The van der Waals surface area contributed by atoms with Crippen LogP contribution in [0.1, 0.15) is 17.2 Å². The third-order valence-corrected chi connectivity index (χ3v) is 3.62. The molecule has 5 heteroatoms. The number of rotatable bonds is 4. The molecule has 0 radical (unpaired) electrons. The van der Waals surface area contributed by atoms with Crippen molar-refractivity contribution in [1.82, 2.24) is 4.98 Å². The summed E-state index contributed by atoms with van der Waals surface area (Å²) in [7, 11) is 1.62. The van der Waals surface area contributed by atoms with Gasteiger partial charge in [-0.2, -0.15) is 0 Å². The first kappa shape index (κ1) is 14.3. The number of aliphatic hydroxyl groups excluding tert-OH is 1. The number of hydrogen-bond acceptors (Lipinski definition) is 3. The Bertz CT molecular complexity index is 560. The van der Waals surface area contributed by atoms with Crippen LogP contribution in [0.25, 0.3) is 0 Å². The molecule has 1 aromatic carbocycles. The highest BCUT2D eigenvalue weighted by Gasteiger charge is 2.10. The van der Waals surface area contributed by atoms with E-state index in [0.717, 1.165) is 21.3 Å². The number of nitrogens with zero attached hydrogens (tertiary/aromatic N) is 1. The molecule has 100 valence electrons. The van der Waals surface area contributed by atoms with Crippen molar-refractivity contribution in [1.29, 1.82) is 0 Å². The molecule has 19 heavy (non-hydrogen) atoms. The van der Waals surface area contributed by atoms with Gasteiger partial charge in [0.25, 0.3) is 0 Å². The third-order valence-electron chi connectivity index (χ3n) is 2.78. The van der Waals surface area contributed by atoms with E-state index in [0.29, 0.717) is 11.6 Å². The second-order valence-corrected chi connectivity index (χ2v) is 5.34. The van der Waals surface area contributed by atoms with Crippen LogP contribution in [0.3, 0.4) is 0 Å². The number of aliphatic hydroxyl groups is 1. The Kier molecular flexibility index (Phi) is 4.80. The molecule has 2 aromatic rings. The van der Waals surface area contributed by atoms with Crippen molar-refractivity contribution in [3.8, 4) is 5.75 Å². The largest absolute Gasteiger partial charge is 0.496 e. The van der Waals surface area contributed by atoms with Gasteiger partial charge in [-0.3, -0.25) is 0 Å². The Labute approximate surface area is 125 Å². The van der Waals surface area contributed by atoms with Gasteiger partial charge in [-0.1, -0.05) is 23.7 Å². The average Bonchev–Trinajstić information content (AvgIpc) is 2.39. The second-order valence-electron chi connectivity index (χ2n) is 4.10. The van der Waals surface area contributed by atoms with Gasteiger partial charge in [0.2, 0.25) is 0 Å². The lowest BCUT2D eigenvalue weighted by atomic mass is 10.0. The summed E-state index contributed by atoms with van der Waals surface area (Å²) in [6, 6.07) is 9.18. The van der Waals surface area contributed by atoms with Crippen LogP contribution in [0.5, 0.6) is 5.75 Å². The Balaban J connectivity index is 2.12. The fourth-order valence-electron chi connectivity index (χ4n) is 1.76. The number of hydrogen-bond donors (Lipinski definition) is 1. The number of halogens is 2. The second kappa shape index (κ2) is 6.37. The lowest BCUT2D eigenvalue weighted by molar-refractivity contribution is 0.178. The SMILES string of the molecule is COc1ccc(CC(O)c2ccc(Cl)nc2)cc1Br. The quantitative estimate of drug-likeness (QED) is 0.860. The molecule has 2 rings (SSSR count). The maximum Gasteiger partial charge on any atom is 0.133 e. The van der Waals surface area contributed by atoms with Gasteiger partial charge >= 0.3 is 0 Å². The van der Waals surface area contributed by atoms with Crippen LogP contribution in [-0.2, 0) is 6.42 Å². The van der Waals surface area contributed by atoms with Gasteiger partial charge in [-0.15, -0.1) is 0 Å². The molecular formula is C14H13BrClNO2. The molecule has 0 amide bonds. The Morgan fingerprint density at radius 1 is 1.37 bits per heavy atom. The Morgan fingerprint density at radius 2 is 2.16 bits per heavy atom. The van der Waals surface area contributed by atoms with Crippen molar-refractivity contribution in [3.05, 3.63) is 57.3 Å². The molecule has 1 unspecified atom stereocenters. The van der Waals surface area contributed by atoms with Crippen LogP contribution in [0.4, 0.5) is 0 Å². The van der Waals surface area contributed by atoms with Crippen LogP contribution < -0.4 is 4.74 Å². The molecule has 0 aliphatic rings. The molecule has 1 atom stereocenters. The minimum absolute atomic E-state index is 0.420. The van der Waals surface area contributed by atoms with E-state index in [4.69, 9.17) is 16.3 Å². The van der Waals surface area contributed by atoms with Gasteiger partial charge in [0.05, 0.1) is 17.7 Å². The topological polar surface area (TPSA) is 42.4 Å². The van der Waals surface area contributed by atoms with Crippen molar-refractivity contribution in [2.24, 2.45) is 0 Å². The lowest BCUT2D eigenvalue weighted by Gasteiger charge is -2.12. The minimum Gasteiger partial charge on any atom is -0.496 e. The predicted molar refractivity (Wildman–Crippen MR) is 78.6 cm³/mol. The first-order valence-electron chi connectivity index (χ1n) is 5.72. The number of pyridine rings is 1. The fraction of sp³-hybridized carbons (Fsp3) is 0.214. The zero-order chi connectivity index (χ0) is 13.8. The van der Waals surface area contributed by atoms with Gasteiger partial charge in [-0.05, 0) is 45.3 Å². The molecule has 0 aliphatic heterocycles. The van der Waals surface area contributed by atoms with Crippen LogP contribution >= 0.6 is 27.5 Å². The molecule has 0 bridgehead atoms. The smallest absolute Gasteiger partial charge is 0.133 e. The minimum atomic E-state index is -0.606. The summed E-state index contributed by atoms with van der Waals surface area (Å²) < 4.78 is 6.04. The molecule has 0 saturated carbocycles. The Hall–Kier alpha value is -1.10. The number of benzene rings is 1. The zero-order valence-electron chi connectivity index (χ0n) is 10.3. The third kappa shape index (κ3) is 3.69. The molecule has 1 aromatic heterocycles. The summed E-state index contributed by atoms with van der Waals surface area (Å²) in [4.78, 5) is 3.96. The molecule has 3 nitrogen and oxygen atoms in total. The van der Waals surface area contributed by atoms with Crippen molar-refractivity contribution < 1.29 is 9.84 Å².